The highest BCUT2D eigenvalue weighted by atomic mass is 32.2. The molecule has 2 aromatic rings. The number of thiol groups is 2. The third-order valence-corrected chi connectivity index (χ3v) is 4.69. The van der Waals surface area contributed by atoms with Gasteiger partial charge in [-0.15, -0.1) is 0 Å². The van der Waals surface area contributed by atoms with Crippen molar-refractivity contribution in [3.63, 3.8) is 0 Å². The molecule has 2 aromatic carbocycles. The van der Waals surface area contributed by atoms with Crippen molar-refractivity contribution in [2.75, 3.05) is 0 Å². The highest BCUT2D eigenvalue weighted by Gasteiger charge is 2.14. The standard InChI is InChI=1S/C14H12O6S2.2CHNS/c15-21(16,17)13-7-3-1-5-11(13)9-10-12-6-2-4-8-14(12)22(18,19)20;2*2-1-3/h1-10H,(H,15,16,17)(H,18,19,20);2*3H. The highest BCUT2D eigenvalue weighted by molar-refractivity contribution is 7.86. The minimum Gasteiger partial charge on any atom is -0.282 e. The first-order chi connectivity index (χ1) is 13.0. The summed E-state index contributed by atoms with van der Waals surface area (Å²) in [6, 6.07) is 11.4. The van der Waals surface area contributed by atoms with Gasteiger partial charge in [-0.05, 0) is 23.3 Å². The van der Waals surface area contributed by atoms with Crippen LogP contribution in [0.25, 0.3) is 12.2 Å². The van der Waals surface area contributed by atoms with Crippen molar-refractivity contribution in [3.8, 4) is 10.8 Å². The first-order valence-electron chi connectivity index (χ1n) is 6.90. The van der Waals surface area contributed by atoms with E-state index in [0.717, 1.165) is 0 Å². The monoisotopic (exact) mass is 458 g/mol. The van der Waals surface area contributed by atoms with Crippen molar-refractivity contribution in [2.24, 2.45) is 0 Å². The van der Waals surface area contributed by atoms with Crippen molar-refractivity contribution < 1.29 is 25.9 Å². The van der Waals surface area contributed by atoms with Gasteiger partial charge in [0.05, 0.1) is 0 Å². The van der Waals surface area contributed by atoms with Gasteiger partial charge in [0, 0.05) is 0 Å². The van der Waals surface area contributed by atoms with Gasteiger partial charge in [-0.2, -0.15) is 27.4 Å². The van der Waals surface area contributed by atoms with E-state index in [9.17, 15) is 16.8 Å². The van der Waals surface area contributed by atoms with Gasteiger partial charge >= 0.3 is 0 Å². The number of hydrogen-bond acceptors (Lipinski definition) is 8. The molecule has 0 bridgehead atoms. The Morgan fingerprint density at radius 1 is 0.714 bits per heavy atom. The molecular formula is C16H14N2O6S4. The lowest BCUT2D eigenvalue weighted by Gasteiger charge is -2.04. The van der Waals surface area contributed by atoms with E-state index in [-0.39, 0.29) is 20.9 Å². The third-order valence-electron chi connectivity index (χ3n) is 2.84. The van der Waals surface area contributed by atoms with Gasteiger partial charge in [0.2, 0.25) is 0 Å². The van der Waals surface area contributed by atoms with E-state index in [1.165, 1.54) is 59.4 Å². The molecule has 0 amide bonds. The molecule has 0 heterocycles. The van der Waals surface area contributed by atoms with Crippen LogP contribution in [-0.2, 0) is 20.2 Å². The predicted octanol–water partition coefficient (Wildman–Crippen LogP) is 3.14. The van der Waals surface area contributed by atoms with Crippen LogP contribution in [0, 0.1) is 21.3 Å². The zero-order valence-corrected chi connectivity index (χ0v) is 17.3. The number of thiocyanates is 2. The van der Waals surface area contributed by atoms with Crippen LogP contribution in [0.1, 0.15) is 11.1 Å². The topological polar surface area (TPSA) is 156 Å². The quantitative estimate of drug-likeness (QED) is 0.236. The van der Waals surface area contributed by atoms with Crippen molar-refractivity contribution in [2.45, 2.75) is 9.79 Å². The Labute approximate surface area is 174 Å². The summed E-state index contributed by atoms with van der Waals surface area (Å²) in [5.74, 6) is 0. The second kappa shape index (κ2) is 12.2. The Bertz CT molecular complexity index is 1020. The molecular weight excluding hydrogens is 444 g/mol. The lowest BCUT2D eigenvalue weighted by Crippen LogP contribution is -2.01. The van der Waals surface area contributed by atoms with Crippen LogP contribution in [0.2, 0.25) is 0 Å². The average Bonchev–Trinajstić information content (AvgIpc) is 2.60. The van der Waals surface area contributed by atoms with Gasteiger partial charge in [-0.1, -0.05) is 73.8 Å². The molecule has 0 saturated heterocycles. The Kier molecular flexibility index (Phi) is 11.2. The molecule has 2 rings (SSSR count). The summed E-state index contributed by atoms with van der Waals surface area (Å²) >= 11 is 6.19. The summed E-state index contributed by atoms with van der Waals surface area (Å²) in [5, 5.41) is 17.3. The van der Waals surface area contributed by atoms with Crippen molar-refractivity contribution in [3.05, 3.63) is 59.7 Å². The smallest absolute Gasteiger partial charge is 0.282 e. The van der Waals surface area contributed by atoms with E-state index < -0.39 is 20.2 Å². The number of hydrogen-bond donors (Lipinski definition) is 4. The average molecular weight is 459 g/mol. The van der Waals surface area contributed by atoms with E-state index in [2.05, 4.69) is 25.3 Å². The summed E-state index contributed by atoms with van der Waals surface area (Å²) in [6.07, 6.45) is 2.68. The normalized spacial score (nSPS) is 10.5. The molecule has 0 aliphatic carbocycles. The maximum atomic E-state index is 11.3. The van der Waals surface area contributed by atoms with Gasteiger partial charge in [-0.25, -0.2) is 0 Å². The van der Waals surface area contributed by atoms with E-state index >= 15 is 0 Å². The van der Waals surface area contributed by atoms with Gasteiger partial charge in [0.1, 0.15) is 20.6 Å². The van der Waals surface area contributed by atoms with Gasteiger partial charge in [-0.3, -0.25) is 9.11 Å². The van der Waals surface area contributed by atoms with E-state index in [0.29, 0.717) is 0 Å². The number of nitriles is 2. The maximum Gasteiger partial charge on any atom is 0.295 e. The largest absolute Gasteiger partial charge is 0.295 e. The van der Waals surface area contributed by atoms with Gasteiger partial charge in [0.25, 0.3) is 20.2 Å². The Hall–Kier alpha value is -2.32. The fraction of sp³-hybridized carbons (Fsp3) is 0. The second-order valence-electron chi connectivity index (χ2n) is 4.56. The van der Waals surface area contributed by atoms with E-state index in [1.54, 1.807) is 12.1 Å². The summed E-state index contributed by atoms with van der Waals surface area (Å²) in [7, 11) is -8.79. The Morgan fingerprint density at radius 3 is 1.21 bits per heavy atom. The molecule has 0 aromatic heterocycles. The lowest BCUT2D eigenvalue weighted by molar-refractivity contribution is 0.480. The van der Waals surface area contributed by atoms with E-state index in [4.69, 9.17) is 19.6 Å². The molecule has 0 aliphatic heterocycles. The van der Waals surface area contributed by atoms with E-state index in [1.807, 2.05) is 0 Å². The number of benzene rings is 2. The Morgan fingerprint density at radius 2 is 0.964 bits per heavy atom. The van der Waals surface area contributed by atoms with Crippen molar-refractivity contribution in [1.29, 1.82) is 10.5 Å². The van der Waals surface area contributed by atoms with Crippen LogP contribution in [0.15, 0.2) is 58.3 Å². The third kappa shape index (κ3) is 9.05. The number of rotatable bonds is 4. The maximum absolute atomic E-state index is 11.3. The van der Waals surface area contributed by atoms with Crippen LogP contribution in [-0.4, -0.2) is 25.9 Å². The van der Waals surface area contributed by atoms with Crippen LogP contribution in [0.3, 0.4) is 0 Å². The van der Waals surface area contributed by atoms with Crippen molar-refractivity contribution >= 4 is 57.6 Å². The molecule has 0 fully saturated rings. The lowest BCUT2D eigenvalue weighted by atomic mass is 10.1. The first kappa shape index (κ1) is 25.7. The fourth-order valence-electron chi connectivity index (χ4n) is 1.89. The molecule has 0 unspecified atom stereocenters. The molecule has 148 valence electrons. The summed E-state index contributed by atoms with van der Waals surface area (Å²) in [6.45, 7) is 0. The molecule has 12 heteroatoms. The van der Waals surface area contributed by atoms with Crippen LogP contribution >= 0.6 is 25.3 Å². The Balaban J connectivity index is 0.00000108. The molecule has 0 radical (unpaired) electrons. The number of nitrogens with zero attached hydrogens (tertiary/aromatic N) is 2. The predicted molar refractivity (Wildman–Crippen MR) is 111 cm³/mol. The minimum absolute atomic E-state index is 0.190. The van der Waals surface area contributed by atoms with Crippen LogP contribution < -0.4 is 0 Å². The molecule has 0 saturated carbocycles. The molecule has 8 nitrogen and oxygen atoms in total. The van der Waals surface area contributed by atoms with Crippen molar-refractivity contribution in [1.82, 2.24) is 0 Å². The second-order valence-corrected chi connectivity index (χ2v) is 7.74. The summed E-state index contributed by atoms with van der Waals surface area (Å²) in [4.78, 5) is -0.592. The molecule has 0 spiro atoms. The van der Waals surface area contributed by atoms with Gasteiger partial charge < -0.3 is 0 Å². The zero-order valence-electron chi connectivity index (χ0n) is 13.9. The first-order valence-corrected chi connectivity index (χ1v) is 10.7. The van der Waals surface area contributed by atoms with Crippen LogP contribution in [0.4, 0.5) is 0 Å². The highest BCUT2D eigenvalue weighted by Crippen LogP contribution is 2.21. The molecule has 0 aliphatic rings. The minimum atomic E-state index is -4.40. The summed E-state index contributed by atoms with van der Waals surface area (Å²) in [5.41, 5.74) is 0.380. The fourth-order valence-corrected chi connectivity index (χ4v) is 3.25. The SMILES string of the molecule is N#CS.N#CS.O=S(=O)(O)c1ccccc1C=Cc1ccccc1S(=O)(=O)O. The zero-order chi connectivity index (χ0) is 21.8. The van der Waals surface area contributed by atoms with Gasteiger partial charge in [0.15, 0.2) is 0 Å². The molecule has 2 N–H and O–H groups in total. The molecule has 28 heavy (non-hydrogen) atoms. The summed E-state index contributed by atoms with van der Waals surface area (Å²) < 4.78 is 63.4. The molecule has 0 atom stereocenters. The van der Waals surface area contributed by atoms with Crippen LogP contribution in [0.5, 0.6) is 0 Å².